The lowest BCUT2D eigenvalue weighted by Crippen LogP contribution is -2.48. The first-order chi connectivity index (χ1) is 25.8. The number of carboxylic acid groups (broad SMARTS) is 1. The molecule has 12 heteroatoms. The van der Waals surface area contributed by atoms with Crippen molar-refractivity contribution in [2.45, 2.75) is 64.9 Å². The Labute approximate surface area is 313 Å². The van der Waals surface area contributed by atoms with Crippen molar-refractivity contribution in [3.63, 3.8) is 0 Å². The number of halogens is 2. The molecule has 0 unspecified atom stereocenters. The van der Waals surface area contributed by atoms with E-state index in [1.807, 2.05) is 6.07 Å². The van der Waals surface area contributed by atoms with Gasteiger partial charge in [0.05, 0.1) is 16.9 Å². The number of carbonyl (C=O) groups excluding carboxylic acids is 1. The van der Waals surface area contributed by atoms with Gasteiger partial charge in [-0.1, -0.05) is 30.3 Å². The van der Waals surface area contributed by atoms with Crippen LogP contribution in [0.2, 0.25) is 0 Å². The molecule has 2 saturated heterocycles. The third-order valence-electron chi connectivity index (χ3n) is 11.4. The Morgan fingerprint density at radius 1 is 0.944 bits per heavy atom. The van der Waals surface area contributed by atoms with Crippen molar-refractivity contribution in [2.24, 2.45) is 5.41 Å². The highest BCUT2D eigenvalue weighted by Crippen LogP contribution is 2.41. The minimum atomic E-state index is -1.28. The summed E-state index contributed by atoms with van der Waals surface area (Å²) in [5, 5.41) is 22.8. The summed E-state index contributed by atoms with van der Waals surface area (Å²) in [4.78, 5) is 40.8. The zero-order chi connectivity index (χ0) is 38.2. The van der Waals surface area contributed by atoms with Gasteiger partial charge in [0, 0.05) is 35.4 Å². The number of piperidine rings is 2. The molecule has 7 rings (SSSR count). The fourth-order valence-electron chi connectivity index (χ4n) is 7.92. The third-order valence-corrected chi connectivity index (χ3v) is 11.4. The van der Waals surface area contributed by atoms with Gasteiger partial charge in [-0.05, 0) is 137 Å². The van der Waals surface area contributed by atoms with Crippen molar-refractivity contribution < 1.29 is 28.6 Å². The number of fused-ring (bicyclic) bond motifs is 1. The number of nitrogens with one attached hydrogen (secondary N) is 2. The fraction of sp³-hybridized carbons (Fsp3) is 0.381. The number of aromatic amines is 1. The van der Waals surface area contributed by atoms with Gasteiger partial charge in [0.15, 0.2) is 0 Å². The van der Waals surface area contributed by atoms with E-state index >= 15 is 4.39 Å². The summed E-state index contributed by atoms with van der Waals surface area (Å²) in [6.07, 6.45) is 6.87. The summed E-state index contributed by atoms with van der Waals surface area (Å²) in [6.45, 7) is 9.29. The van der Waals surface area contributed by atoms with E-state index in [1.54, 1.807) is 11.8 Å². The molecule has 1 spiro atoms. The van der Waals surface area contributed by atoms with E-state index in [0.717, 1.165) is 75.5 Å². The van der Waals surface area contributed by atoms with Crippen molar-refractivity contribution in [1.82, 2.24) is 24.8 Å². The fourth-order valence-corrected chi connectivity index (χ4v) is 7.92. The number of aliphatic hydroxyl groups is 1. The molecule has 10 nitrogen and oxygen atoms in total. The predicted octanol–water partition coefficient (Wildman–Crippen LogP) is 8.15. The smallest absolute Gasteiger partial charge is 0.407 e. The number of amides is 2. The van der Waals surface area contributed by atoms with Crippen LogP contribution in [0.25, 0.3) is 33.5 Å². The summed E-state index contributed by atoms with van der Waals surface area (Å²) in [7, 11) is 0. The first kappa shape index (κ1) is 37.1. The minimum absolute atomic E-state index is 0.182. The summed E-state index contributed by atoms with van der Waals surface area (Å²) >= 11 is 0. The molecule has 3 aromatic carbocycles. The van der Waals surface area contributed by atoms with E-state index in [0.29, 0.717) is 51.9 Å². The number of benzene rings is 3. The van der Waals surface area contributed by atoms with Gasteiger partial charge in [0.2, 0.25) is 0 Å². The molecule has 2 fully saturated rings. The van der Waals surface area contributed by atoms with Gasteiger partial charge < -0.3 is 30.3 Å². The summed E-state index contributed by atoms with van der Waals surface area (Å²) in [6, 6.07) is 16.8. The SMILES string of the molecule is Cc1c(NC(=O)c2ccc(C(C)(C)O)cc2F)cc(F)cc1-c1ncnc2[nH]c(-c3ccc(CCCN4CCC5(CC4)CCN(C(=O)O)CC5)cc3)cc12. The number of hydrogen-bond acceptors (Lipinski definition) is 6. The van der Waals surface area contributed by atoms with E-state index in [9.17, 15) is 24.2 Å². The number of H-pyrrole nitrogens is 1. The molecule has 282 valence electrons. The minimum Gasteiger partial charge on any atom is -0.465 e. The maximum Gasteiger partial charge on any atom is 0.407 e. The Bertz CT molecular complexity index is 2180. The number of rotatable bonds is 9. The first-order valence-corrected chi connectivity index (χ1v) is 18.6. The lowest BCUT2D eigenvalue weighted by atomic mass is 9.71. The van der Waals surface area contributed by atoms with Gasteiger partial charge in [-0.15, -0.1) is 0 Å². The van der Waals surface area contributed by atoms with Crippen LogP contribution < -0.4 is 5.32 Å². The van der Waals surface area contributed by atoms with Crippen molar-refractivity contribution in [3.8, 4) is 22.5 Å². The van der Waals surface area contributed by atoms with E-state index < -0.39 is 29.2 Å². The van der Waals surface area contributed by atoms with Gasteiger partial charge in [0.1, 0.15) is 23.6 Å². The topological polar surface area (TPSA) is 135 Å². The van der Waals surface area contributed by atoms with Crippen molar-refractivity contribution in [3.05, 3.63) is 101 Å². The number of aromatic nitrogens is 3. The average Bonchev–Trinajstić information content (AvgIpc) is 3.59. The monoisotopic (exact) mass is 736 g/mol. The van der Waals surface area contributed by atoms with Gasteiger partial charge in [0.25, 0.3) is 5.91 Å². The molecule has 4 heterocycles. The second-order valence-corrected chi connectivity index (χ2v) is 15.4. The summed E-state index contributed by atoms with van der Waals surface area (Å²) < 4.78 is 30.0. The molecule has 0 atom stereocenters. The van der Waals surface area contributed by atoms with Crippen LogP contribution >= 0.6 is 0 Å². The highest BCUT2D eigenvalue weighted by molar-refractivity contribution is 6.06. The predicted molar refractivity (Wildman–Crippen MR) is 204 cm³/mol. The molecule has 0 aliphatic carbocycles. The highest BCUT2D eigenvalue weighted by atomic mass is 19.1. The van der Waals surface area contributed by atoms with Crippen LogP contribution in [-0.4, -0.2) is 79.7 Å². The number of carbonyl (C=O) groups is 2. The molecular weight excluding hydrogens is 690 g/mol. The Morgan fingerprint density at radius 3 is 2.31 bits per heavy atom. The second-order valence-electron chi connectivity index (χ2n) is 15.4. The maximum absolute atomic E-state index is 15.1. The summed E-state index contributed by atoms with van der Waals surface area (Å²) in [5.41, 5.74) is 4.45. The number of aryl methyl sites for hydroxylation is 1. The molecule has 2 aliphatic rings. The molecular formula is C42H46F2N6O4. The standard InChI is InChI=1S/C42H46F2N6O4/c1-26-32(22-30(43)23-35(26)48-39(51)31-11-10-29(21-34(31)44)41(2,3)54)37-33-24-36(47-38(33)46-25-45-37)28-8-6-27(7-9-28)5-4-16-49-17-12-42(13-18-49)14-19-50(20-15-42)40(52)53/h6-11,21-25,54H,4-5,12-20H2,1-3H3,(H,48,51)(H,52,53)(H,45,46,47). The molecule has 2 aliphatic heterocycles. The maximum atomic E-state index is 15.1. The van der Waals surface area contributed by atoms with Crippen LogP contribution in [0.1, 0.15) is 73.0 Å². The van der Waals surface area contributed by atoms with E-state index in [1.165, 1.54) is 50.0 Å². The van der Waals surface area contributed by atoms with Crippen LogP contribution in [0, 0.1) is 24.0 Å². The average molecular weight is 737 g/mol. The number of anilines is 1. The Balaban J connectivity index is 1.00. The van der Waals surface area contributed by atoms with Gasteiger partial charge in [-0.2, -0.15) is 0 Å². The number of nitrogens with zero attached hydrogens (tertiary/aromatic N) is 4. The normalized spacial score (nSPS) is 16.2. The largest absolute Gasteiger partial charge is 0.465 e. The molecule has 4 N–H and O–H groups in total. The van der Waals surface area contributed by atoms with Gasteiger partial charge in [-0.3, -0.25) is 4.79 Å². The Morgan fingerprint density at radius 2 is 1.65 bits per heavy atom. The lowest BCUT2D eigenvalue weighted by Gasteiger charge is -2.46. The molecule has 0 bridgehead atoms. The van der Waals surface area contributed by atoms with Gasteiger partial charge >= 0.3 is 6.09 Å². The van der Waals surface area contributed by atoms with E-state index in [4.69, 9.17) is 0 Å². The van der Waals surface area contributed by atoms with Crippen molar-refractivity contribution in [1.29, 1.82) is 0 Å². The van der Waals surface area contributed by atoms with Crippen molar-refractivity contribution >= 4 is 28.7 Å². The van der Waals surface area contributed by atoms with E-state index in [-0.39, 0.29) is 11.3 Å². The molecule has 0 radical (unpaired) electrons. The van der Waals surface area contributed by atoms with Crippen LogP contribution in [0.3, 0.4) is 0 Å². The molecule has 0 saturated carbocycles. The Hall–Kier alpha value is -5.20. The van der Waals surface area contributed by atoms with Crippen LogP contribution in [0.15, 0.2) is 67.0 Å². The quantitative estimate of drug-likeness (QED) is 0.120. The summed E-state index contributed by atoms with van der Waals surface area (Å²) in [5.74, 6) is -2.13. The third kappa shape index (κ3) is 7.85. The molecule has 54 heavy (non-hydrogen) atoms. The van der Waals surface area contributed by atoms with Crippen LogP contribution in [0.5, 0.6) is 0 Å². The molecule has 5 aromatic rings. The Kier molecular flexibility index (Phi) is 10.3. The van der Waals surface area contributed by atoms with Crippen LogP contribution in [0.4, 0.5) is 19.3 Å². The number of hydrogen-bond donors (Lipinski definition) is 4. The van der Waals surface area contributed by atoms with Crippen LogP contribution in [-0.2, 0) is 12.0 Å². The second kappa shape index (κ2) is 14.9. The zero-order valence-corrected chi connectivity index (χ0v) is 30.9. The lowest BCUT2D eigenvalue weighted by molar-refractivity contribution is 0.0361. The zero-order valence-electron chi connectivity index (χ0n) is 30.9. The van der Waals surface area contributed by atoms with Crippen molar-refractivity contribution in [2.75, 3.05) is 38.0 Å². The molecule has 2 aromatic heterocycles. The van der Waals surface area contributed by atoms with E-state index in [2.05, 4.69) is 49.4 Å². The number of likely N-dealkylation sites (tertiary alicyclic amines) is 2. The highest BCUT2D eigenvalue weighted by Gasteiger charge is 2.38. The molecule has 2 amide bonds. The first-order valence-electron chi connectivity index (χ1n) is 18.6. The van der Waals surface area contributed by atoms with Gasteiger partial charge in [-0.25, -0.2) is 23.5 Å².